The maximum atomic E-state index is 12.7. The zero-order valence-corrected chi connectivity index (χ0v) is 18.5. The Labute approximate surface area is 166 Å². The van der Waals surface area contributed by atoms with E-state index >= 15 is 0 Å². The van der Waals surface area contributed by atoms with E-state index in [4.69, 9.17) is 4.99 Å². The van der Waals surface area contributed by atoms with Crippen LogP contribution in [0.3, 0.4) is 0 Å². The number of nitrogens with zero attached hydrogens (tertiary/aromatic N) is 2. The lowest BCUT2D eigenvalue weighted by Crippen LogP contribution is -2.42. The number of amides is 1. The van der Waals surface area contributed by atoms with Crippen molar-refractivity contribution in [3.05, 3.63) is 41.0 Å². The Kier molecular flexibility index (Phi) is 8.54. The van der Waals surface area contributed by atoms with E-state index < -0.39 is 0 Å². The molecule has 1 N–H and O–H groups in total. The van der Waals surface area contributed by atoms with E-state index in [1.807, 2.05) is 36.9 Å². The van der Waals surface area contributed by atoms with Gasteiger partial charge in [0.25, 0.3) is 5.91 Å². The number of benzene rings is 1. The average Bonchev–Trinajstić information content (AvgIpc) is 2.57. The molecular formula is C21H32BrN3O. The second-order valence-corrected chi connectivity index (χ2v) is 8.25. The van der Waals surface area contributed by atoms with Crippen LogP contribution in [0.25, 0.3) is 0 Å². The molecule has 0 saturated heterocycles. The third-order valence-corrected chi connectivity index (χ3v) is 4.66. The topological polar surface area (TPSA) is 44.7 Å². The number of anilines is 1. The van der Waals surface area contributed by atoms with E-state index in [1.165, 1.54) is 0 Å². The highest BCUT2D eigenvalue weighted by Gasteiger charge is 2.21. The minimum Gasteiger partial charge on any atom is -0.347 e. The molecule has 0 aromatic heterocycles. The zero-order chi connectivity index (χ0) is 19.9. The molecule has 1 rings (SSSR count). The molecule has 0 radical (unpaired) electrons. The number of amidine groups is 1. The van der Waals surface area contributed by atoms with E-state index in [1.54, 1.807) is 6.20 Å². The predicted octanol–water partition coefficient (Wildman–Crippen LogP) is 5.78. The normalized spacial score (nSPS) is 12.2. The second-order valence-electron chi connectivity index (χ2n) is 7.34. The van der Waals surface area contributed by atoms with Gasteiger partial charge in [0.2, 0.25) is 0 Å². The van der Waals surface area contributed by atoms with Gasteiger partial charge in [-0.2, -0.15) is 0 Å². The Balaban J connectivity index is 3.29. The molecule has 0 heterocycles. The fourth-order valence-electron chi connectivity index (χ4n) is 2.41. The summed E-state index contributed by atoms with van der Waals surface area (Å²) in [5.41, 5.74) is 1.24. The van der Waals surface area contributed by atoms with Gasteiger partial charge < -0.3 is 10.2 Å². The molecule has 26 heavy (non-hydrogen) atoms. The van der Waals surface area contributed by atoms with Gasteiger partial charge in [0.05, 0.1) is 0 Å². The average molecular weight is 422 g/mol. The zero-order valence-electron chi connectivity index (χ0n) is 16.9. The summed E-state index contributed by atoms with van der Waals surface area (Å²) in [6.45, 7) is 17.2. The van der Waals surface area contributed by atoms with E-state index in [9.17, 15) is 4.79 Å². The summed E-state index contributed by atoms with van der Waals surface area (Å²) in [5.74, 6) is 1.11. The SMILES string of the molecule is C=CN(/C(=N\CCC)C(C)C)c1cc(Br)cc(C(=O)NC(C)(C)CC)c1. The molecule has 0 bridgehead atoms. The van der Waals surface area contributed by atoms with Crippen molar-refractivity contribution in [3.63, 3.8) is 0 Å². The molecule has 1 aromatic rings. The van der Waals surface area contributed by atoms with Gasteiger partial charge in [-0.3, -0.25) is 9.79 Å². The molecule has 0 aliphatic carbocycles. The van der Waals surface area contributed by atoms with Crippen LogP contribution in [0.5, 0.6) is 0 Å². The highest BCUT2D eigenvalue weighted by atomic mass is 79.9. The summed E-state index contributed by atoms with van der Waals surface area (Å²) in [4.78, 5) is 19.4. The van der Waals surface area contributed by atoms with Gasteiger partial charge in [-0.25, -0.2) is 0 Å². The smallest absolute Gasteiger partial charge is 0.251 e. The summed E-state index contributed by atoms with van der Waals surface area (Å²) >= 11 is 3.53. The van der Waals surface area contributed by atoms with Crippen molar-refractivity contribution in [2.24, 2.45) is 10.9 Å². The van der Waals surface area contributed by atoms with Gasteiger partial charge >= 0.3 is 0 Å². The fraction of sp³-hybridized carbons (Fsp3) is 0.524. The summed E-state index contributed by atoms with van der Waals surface area (Å²) in [7, 11) is 0. The number of nitrogens with one attached hydrogen (secondary N) is 1. The number of rotatable bonds is 8. The molecule has 5 heteroatoms. The van der Waals surface area contributed by atoms with Gasteiger partial charge in [0.1, 0.15) is 5.84 Å². The van der Waals surface area contributed by atoms with Crippen LogP contribution >= 0.6 is 15.9 Å². The molecule has 0 fully saturated rings. The molecule has 0 saturated carbocycles. The number of aliphatic imine (C=N–C) groups is 1. The van der Waals surface area contributed by atoms with E-state index in [-0.39, 0.29) is 17.4 Å². The summed E-state index contributed by atoms with van der Waals surface area (Å²) in [5, 5.41) is 3.09. The van der Waals surface area contributed by atoms with Crippen molar-refractivity contribution >= 4 is 33.4 Å². The maximum absolute atomic E-state index is 12.7. The van der Waals surface area contributed by atoms with Gasteiger partial charge in [-0.1, -0.05) is 50.2 Å². The Morgan fingerprint density at radius 3 is 2.50 bits per heavy atom. The van der Waals surface area contributed by atoms with Crippen LogP contribution in [0.15, 0.2) is 40.4 Å². The Morgan fingerprint density at radius 1 is 1.35 bits per heavy atom. The number of hydrogen-bond donors (Lipinski definition) is 1. The van der Waals surface area contributed by atoms with E-state index in [0.717, 1.165) is 35.4 Å². The van der Waals surface area contributed by atoms with Crippen molar-refractivity contribution in [2.45, 2.75) is 59.9 Å². The standard InChI is InChI=1S/C21H32BrN3O/c1-8-11-23-19(15(4)5)25(10-3)18-13-16(12-17(22)14-18)20(26)24-21(6,7)9-2/h10,12-15H,3,8-9,11H2,1-2,4-7H3,(H,24,26)/b23-19-. The molecule has 144 valence electrons. The lowest BCUT2D eigenvalue weighted by atomic mass is 10.0. The van der Waals surface area contributed by atoms with Crippen molar-refractivity contribution < 1.29 is 4.79 Å². The van der Waals surface area contributed by atoms with Crippen molar-refractivity contribution in [2.75, 3.05) is 11.4 Å². The highest BCUT2D eigenvalue weighted by Crippen LogP contribution is 2.26. The van der Waals surface area contributed by atoms with Gasteiger partial charge in [0, 0.05) is 39.9 Å². The first-order valence-corrected chi connectivity index (χ1v) is 10.0. The van der Waals surface area contributed by atoms with Crippen molar-refractivity contribution in [3.8, 4) is 0 Å². The molecule has 0 atom stereocenters. The summed E-state index contributed by atoms with van der Waals surface area (Å²) in [6, 6.07) is 5.70. The highest BCUT2D eigenvalue weighted by molar-refractivity contribution is 9.10. The first kappa shape index (κ1) is 22.4. The van der Waals surface area contributed by atoms with Crippen LogP contribution in [0.1, 0.15) is 64.7 Å². The molecule has 4 nitrogen and oxygen atoms in total. The van der Waals surface area contributed by atoms with Crippen molar-refractivity contribution in [1.29, 1.82) is 0 Å². The number of carbonyl (C=O) groups excluding carboxylic acids is 1. The van der Waals surface area contributed by atoms with Crippen LogP contribution in [-0.4, -0.2) is 23.8 Å². The number of carbonyl (C=O) groups is 1. The number of halogens is 1. The first-order chi connectivity index (χ1) is 12.1. The minimum absolute atomic E-state index is 0.0833. The molecule has 0 spiro atoms. The number of hydrogen-bond acceptors (Lipinski definition) is 2. The van der Waals surface area contributed by atoms with E-state index in [0.29, 0.717) is 5.56 Å². The van der Waals surface area contributed by atoms with Gasteiger partial charge in [0.15, 0.2) is 0 Å². The molecule has 1 aromatic carbocycles. The molecule has 0 unspecified atom stereocenters. The fourth-order valence-corrected chi connectivity index (χ4v) is 2.89. The molecule has 0 aliphatic heterocycles. The Morgan fingerprint density at radius 2 is 2.00 bits per heavy atom. The largest absolute Gasteiger partial charge is 0.347 e. The van der Waals surface area contributed by atoms with Crippen molar-refractivity contribution in [1.82, 2.24) is 5.32 Å². The van der Waals surface area contributed by atoms with Crippen LogP contribution in [-0.2, 0) is 0 Å². The second kappa shape index (κ2) is 9.91. The van der Waals surface area contributed by atoms with Crippen LogP contribution in [0.4, 0.5) is 5.69 Å². The summed E-state index contributed by atoms with van der Waals surface area (Å²) in [6.07, 6.45) is 3.60. The quantitative estimate of drug-likeness (QED) is 0.426. The molecule has 0 aliphatic rings. The third kappa shape index (κ3) is 6.27. The van der Waals surface area contributed by atoms with Crippen LogP contribution < -0.4 is 10.2 Å². The lowest BCUT2D eigenvalue weighted by molar-refractivity contribution is 0.0911. The minimum atomic E-state index is -0.247. The predicted molar refractivity (Wildman–Crippen MR) is 116 cm³/mol. The van der Waals surface area contributed by atoms with Gasteiger partial charge in [-0.05, 0) is 44.9 Å². The monoisotopic (exact) mass is 421 g/mol. The molecule has 1 amide bonds. The van der Waals surface area contributed by atoms with E-state index in [2.05, 4.69) is 55.5 Å². The lowest BCUT2D eigenvalue weighted by Gasteiger charge is -2.27. The summed E-state index contributed by atoms with van der Waals surface area (Å²) < 4.78 is 0.847. The first-order valence-electron chi connectivity index (χ1n) is 9.24. The Hall–Kier alpha value is -1.62. The van der Waals surface area contributed by atoms with Crippen LogP contribution in [0, 0.1) is 5.92 Å². The maximum Gasteiger partial charge on any atom is 0.251 e. The van der Waals surface area contributed by atoms with Crippen LogP contribution in [0.2, 0.25) is 0 Å². The Bertz CT molecular complexity index is 665. The van der Waals surface area contributed by atoms with Gasteiger partial charge in [-0.15, -0.1) is 0 Å². The molecular weight excluding hydrogens is 390 g/mol. The third-order valence-electron chi connectivity index (χ3n) is 4.20.